The van der Waals surface area contributed by atoms with Crippen LogP contribution in [0.5, 0.6) is 0 Å². The third kappa shape index (κ3) is 4.07. The van der Waals surface area contributed by atoms with Crippen molar-refractivity contribution in [2.75, 3.05) is 13.1 Å². The molecule has 0 spiro atoms. The van der Waals surface area contributed by atoms with Gasteiger partial charge in [0.05, 0.1) is 18.3 Å². The van der Waals surface area contributed by atoms with Gasteiger partial charge in [0.2, 0.25) is 0 Å². The molecule has 1 aliphatic rings. The Morgan fingerprint density at radius 3 is 2.50 bits per heavy atom. The zero-order valence-corrected chi connectivity index (χ0v) is 11.7. The summed E-state index contributed by atoms with van der Waals surface area (Å²) in [4.78, 5) is 12.7. The Morgan fingerprint density at radius 1 is 1.32 bits per heavy atom. The van der Waals surface area contributed by atoms with Gasteiger partial charge in [0.15, 0.2) is 5.83 Å². The molecule has 1 amide bonds. The highest BCUT2D eigenvalue weighted by Gasteiger charge is 2.30. The van der Waals surface area contributed by atoms with E-state index < -0.39 is 23.5 Å². The molecule has 7 heteroatoms. The molecule has 0 bridgehead atoms. The SMILES string of the molecule is C=C(F)C(=O)N1CC[C@H](OCc2ccc(C(F)(F)F)cc2)C1. The van der Waals surface area contributed by atoms with Crippen LogP contribution in [0.1, 0.15) is 17.5 Å². The largest absolute Gasteiger partial charge is 0.416 e. The highest BCUT2D eigenvalue weighted by atomic mass is 19.4. The topological polar surface area (TPSA) is 29.5 Å². The van der Waals surface area contributed by atoms with Gasteiger partial charge >= 0.3 is 6.18 Å². The molecule has 1 heterocycles. The summed E-state index contributed by atoms with van der Waals surface area (Å²) in [6.45, 7) is 3.72. The van der Waals surface area contributed by atoms with Gasteiger partial charge in [-0.3, -0.25) is 4.79 Å². The quantitative estimate of drug-likeness (QED) is 0.630. The van der Waals surface area contributed by atoms with E-state index in [-0.39, 0.29) is 19.3 Å². The Morgan fingerprint density at radius 2 is 1.95 bits per heavy atom. The van der Waals surface area contributed by atoms with Gasteiger partial charge in [-0.1, -0.05) is 18.7 Å². The average molecular weight is 317 g/mol. The maximum Gasteiger partial charge on any atom is 0.416 e. The van der Waals surface area contributed by atoms with Crippen LogP contribution in [0.4, 0.5) is 17.6 Å². The van der Waals surface area contributed by atoms with Crippen molar-refractivity contribution in [2.45, 2.75) is 25.3 Å². The second kappa shape index (κ2) is 6.48. The van der Waals surface area contributed by atoms with Crippen molar-refractivity contribution in [3.8, 4) is 0 Å². The number of rotatable bonds is 4. The van der Waals surface area contributed by atoms with Crippen LogP contribution in [0.2, 0.25) is 0 Å². The van der Waals surface area contributed by atoms with Crippen LogP contribution in [-0.2, 0) is 22.3 Å². The predicted molar refractivity (Wildman–Crippen MR) is 71.5 cm³/mol. The molecule has 0 saturated carbocycles. The Labute approximate surface area is 125 Å². The van der Waals surface area contributed by atoms with Gasteiger partial charge in [-0.15, -0.1) is 0 Å². The van der Waals surface area contributed by atoms with Gasteiger partial charge in [0, 0.05) is 13.1 Å². The van der Waals surface area contributed by atoms with Crippen LogP contribution in [0.15, 0.2) is 36.7 Å². The zero-order valence-electron chi connectivity index (χ0n) is 11.7. The number of alkyl halides is 3. The molecule has 22 heavy (non-hydrogen) atoms. The molecule has 1 aliphatic heterocycles. The first-order valence-corrected chi connectivity index (χ1v) is 6.69. The van der Waals surface area contributed by atoms with Gasteiger partial charge in [0.1, 0.15) is 0 Å². The van der Waals surface area contributed by atoms with Crippen LogP contribution in [0.3, 0.4) is 0 Å². The van der Waals surface area contributed by atoms with Gasteiger partial charge < -0.3 is 9.64 Å². The van der Waals surface area contributed by atoms with Gasteiger partial charge in [0.25, 0.3) is 5.91 Å². The summed E-state index contributed by atoms with van der Waals surface area (Å²) in [5.74, 6) is -1.76. The Hall–Kier alpha value is -1.89. The number of halogens is 4. The molecule has 0 aliphatic carbocycles. The number of hydrogen-bond donors (Lipinski definition) is 0. The molecule has 1 fully saturated rings. The van der Waals surface area contributed by atoms with Gasteiger partial charge in [-0.25, -0.2) is 4.39 Å². The third-order valence-corrected chi connectivity index (χ3v) is 3.43. The molecule has 0 N–H and O–H groups in total. The summed E-state index contributed by atoms with van der Waals surface area (Å²) in [7, 11) is 0. The van der Waals surface area contributed by atoms with Crippen molar-refractivity contribution in [1.82, 2.24) is 4.90 Å². The molecule has 1 atom stereocenters. The van der Waals surface area contributed by atoms with Crippen molar-refractivity contribution in [3.05, 3.63) is 47.8 Å². The first-order valence-electron chi connectivity index (χ1n) is 6.69. The fraction of sp³-hybridized carbons (Fsp3) is 0.400. The van der Waals surface area contributed by atoms with E-state index in [9.17, 15) is 22.4 Å². The number of nitrogens with zero attached hydrogens (tertiary/aromatic N) is 1. The first-order chi connectivity index (χ1) is 10.3. The monoisotopic (exact) mass is 317 g/mol. The maximum absolute atomic E-state index is 12.7. The normalized spacial score (nSPS) is 18.5. The van der Waals surface area contributed by atoms with Crippen LogP contribution in [-0.4, -0.2) is 30.0 Å². The van der Waals surface area contributed by atoms with E-state index in [1.807, 2.05) is 0 Å². The molecule has 0 unspecified atom stereocenters. The minimum absolute atomic E-state index is 0.140. The van der Waals surface area contributed by atoms with Crippen LogP contribution in [0, 0.1) is 0 Å². The minimum atomic E-state index is -4.36. The predicted octanol–water partition coefficient (Wildman–Crippen LogP) is 3.31. The number of benzene rings is 1. The first kappa shape index (κ1) is 16.5. The Bertz CT molecular complexity index is 554. The minimum Gasteiger partial charge on any atom is -0.372 e. The van der Waals surface area contributed by atoms with Crippen molar-refractivity contribution in [3.63, 3.8) is 0 Å². The molecular weight excluding hydrogens is 302 g/mol. The number of amides is 1. The maximum atomic E-state index is 12.7. The molecule has 0 aromatic heterocycles. The summed E-state index contributed by atoms with van der Waals surface area (Å²) in [6.07, 6.45) is -4.06. The second-order valence-corrected chi connectivity index (χ2v) is 5.07. The summed E-state index contributed by atoms with van der Waals surface area (Å²) >= 11 is 0. The highest BCUT2D eigenvalue weighted by molar-refractivity contribution is 5.90. The van der Waals surface area contributed by atoms with E-state index in [1.165, 1.54) is 17.0 Å². The van der Waals surface area contributed by atoms with E-state index in [1.54, 1.807) is 0 Å². The molecular formula is C15H15F4NO2. The van der Waals surface area contributed by atoms with Gasteiger partial charge in [-0.05, 0) is 24.1 Å². The Kier molecular flexibility index (Phi) is 4.85. The summed E-state index contributed by atoms with van der Waals surface area (Å²) in [5, 5.41) is 0. The van der Waals surface area contributed by atoms with Crippen molar-refractivity contribution >= 4 is 5.91 Å². The molecule has 0 radical (unpaired) electrons. The lowest BCUT2D eigenvalue weighted by atomic mass is 10.1. The van der Waals surface area contributed by atoms with Crippen LogP contribution in [0.25, 0.3) is 0 Å². The summed E-state index contributed by atoms with van der Waals surface area (Å²) < 4.78 is 55.6. The van der Waals surface area contributed by atoms with Crippen LogP contribution < -0.4 is 0 Å². The number of likely N-dealkylation sites (tertiary alicyclic amines) is 1. The summed E-state index contributed by atoms with van der Waals surface area (Å²) in [6, 6.07) is 4.70. The lowest BCUT2D eigenvalue weighted by molar-refractivity contribution is -0.137. The molecule has 3 nitrogen and oxygen atoms in total. The lowest BCUT2D eigenvalue weighted by Crippen LogP contribution is -2.30. The molecule has 1 aromatic carbocycles. The highest BCUT2D eigenvalue weighted by Crippen LogP contribution is 2.29. The van der Waals surface area contributed by atoms with Gasteiger partial charge in [-0.2, -0.15) is 13.2 Å². The zero-order chi connectivity index (χ0) is 16.3. The fourth-order valence-electron chi connectivity index (χ4n) is 2.22. The van der Waals surface area contributed by atoms with E-state index >= 15 is 0 Å². The molecule has 1 saturated heterocycles. The standard InChI is InChI=1S/C15H15F4NO2/c1-10(16)14(21)20-7-6-13(8-20)22-9-11-2-4-12(5-3-11)15(17,18)19/h2-5,13H,1,6-9H2/t13-/m0/s1. The lowest BCUT2D eigenvalue weighted by Gasteiger charge is -2.15. The van der Waals surface area contributed by atoms with E-state index in [0.717, 1.165) is 12.1 Å². The number of carbonyl (C=O) groups excluding carboxylic acids is 1. The third-order valence-electron chi connectivity index (χ3n) is 3.43. The second-order valence-electron chi connectivity index (χ2n) is 5.07. The van der Waals surface area contributed by atoms with Crippen molar-refractivity contribution in [1.29, 1.82) is 0 Å². The summed E-state index contributed by atoms with van der Waals surface area (Å²) in [5.41, 5.74) is -0.108. The number of ether oxygens (including phenoxy) is 1. The number of hydrogen-bond acceptors (Lipinski definition) is 2. The fourth-order valence-corrected chi connectivity index (χ4v) is 2.22. The van der Waals surface area contributed by atoms with Crippen molar-refractivity contribution in [2.24, 2.45) is 0 Å². The molecule has 1 aromatic rings. The smallest absolute Gasteiger partial charge is 0.372 e. The van der Waals surface area contributed by atoms with Crippen molar-refractivity contribution < 1.29 is 27.1 Å². The van der Waals surface area contributed by atoms with E-state index in [0.29, 0.717) is 18.5 Å². The Balaban J connectivity index is 1.84. The van der Waals surface area contributed by atoms with E-state index in [4.69, 9.17) is 4.74 Å². The average Bonchev–Trinajstić information content (AvgIpc) is 2.92. The molecule has 120 valence electrons. The van der Waals surface area contributed by atoms with Crippen LogP contribution >= 0.6 is 0 Å². The molecule has 2 rings (SSSR count). The van der Waals surface area contributed by atoms with E-state index in [2.05, 4.69) is 6.58 Å². The number of carbonyl (C=O) groups is 1.